The molecule has 0 aliphatic heterocycles. The molecule has 0 bridgehead atoms. The Morgan fingerprint density at radius 2 is 1.74 bits per heavy atom. The second-order valence-electron chi connectivity index (χ2n) is 5.82. The molecular formula is C14H26N2O3. The number of carboxylic acid groups (broad SMARTS) is 1. The first-order valence-corrected chi connectivity index (χ1v) is 7.04. The highest BCUT2D eigenvalue weighted by Crippen LogP contribution is 2.30. The summed E-state index contributed by atoms with van der Waals surface area (Å²) in [5.74, 6) is -1.07. The lowest BCUT2D eigenvalue weighted by Crippen LogP contribution is -2.37. The van der Waals surface area contributed by atoms with Crippen molar-refractivity contribution in [2.24, 2.45) is 11.8 Å². The highest BCUT2D eigenvalue weighted by atomic mass is 16.4. The Labute approximate surface area is 115 Å². The second kappa shape index (κ2) is 7.48. The number of carboxylic acids is 1. The summed E-state index contributed by atoms with van der Waals surface area (Å²) in [6.07, 6.45) is 3.85. The lowest BCUT2D eigenvalue weighted by atomic mass is 9.81. The van der Waals surface area contributed by atoms with Crippen molar-refractivity contribution in [1.82, 2.24) is 9.80 Å². The molecule has 19 heavy (non-hydrogen) atoms. The summed E-state index contributed by atoms with van der Waals surface area (Å²) in [4.78, 5) is 27.1. The molecule has 5 heteroatoms. The van der Waals surface area contributed by atoms with Crippen molar-refractivity contribution in [3.05, 3.63) is 0 Å². The van der Waals surface area contributed by atoms with Gasteiger partial charge in [0.05, 0.1) is 5.92 Å². The molecule has 2 atom stereocenters. The van der Waals surface area contributed by atoms with E-state index in [1.54, 1.807) is 4.90 Å². The average molecular weight is 270 g/mol. The second-order valence-corrected chi connectivity index (χ2v) is 5.82. The monoisotopic (exact) mass is 270 g/mol. The average Bonchev–Trinajstić information content (AvgIpc) is 2.37. The fourth-order valence-corrected chi connectivity index (χ4v) is 2.68. The van der Waals surface area contributed by atoms with Crippen LogP contribution in [0.1, 0.15) is 32.1 Å². The van der Waals surface area contributed by atoms with Gasteiger partial charge in [0.2, 0.25) is 5.91 Å². The first-order chi connectivity index (χ1) is 8.91. The summed E-state index contributed by atoms with van der Waals surface area (Å²) in [5, 5.41) is 9.05. The summed E-state index contributed by atoms with van der Waals surface area (Å²) < 4.78 is 0. The van der Waals surface area contributed by atoms with Crippen molar-refractivity contribution in [3.63, 3.8) is 0 Å². The van der Waals surface area contributed by atoms with Crippen LogP contribution >= 0.6 is 0 Å². The Kier molecular flexibility index (Phi) is 6.28. The number of hydrogen-bond donors (Lipinski definition) is 1. The van der Waals surface area contributed by atoms with Crippen LogP contribution in [0.3, 0.4) is 0 Å². The fourth-order valence-electron chi connectivity index (χ4n) is 2.68. The molecule has 1 rings (SSSR count). The number of aliphatic carboxylic acids is 1. The van der Waals surface area contributed by atoms with Gasteiger partial charge in [0.25, 0.3) is 0 Å². The molecule has 1 N–H and O–H groups in total. The minimum absolute atomic E-state index is 0.0980. The molecular weight excluding hydrogens is 244 g/mol. The van der Waals surface area contributed by atoms with E-state index < -0.39 is 5.97 Å². The Bertz CT molecular complexity index is 318. The van der Waals surface area contributed by atoms with Crippen LogP contribution in [0.15, 0.2) is 0 Å². The van der Waals surface area contributed by atoms with Gasteiger partial charge in [-0.15, -0.1) is 0 Å². The largest absolute Gasteiger partial charge is 0.481 e. The van der Waals surface area contributed by atoms with Gasteiger partial charge in [-0.05, 0) is 46.3 Å². The lowest BCUT2D eigenvalue weighted by Gasteiger charge is -2.29. The van der Waals surface area contributed by atoms with Crippen molar-refractivity contribution in [2.75, 3.05) is 34.2 Å². The van der Waals surface area contributed by atoms with Gasteiger partial charge in [0.15, 0.2) is 0 Å². The molecule has 2 unspecified atom stereocenters. The molecule has 0 aromatic heterocycles. The molecule has 0 aromatic carbocycles. The summed E-state index contributed by atoms with van der Waals surface area (Å²) in [6.45, 7) is 1.70. The number of amides is 1. The van der Waals surface area contributed by atoms with E-state index in [1.807, 2.05) is 21.1 Å². The normalized spacial score (nSPS) is 23.4. The highest BCUT2D eigenvalue weighted by Gasteiger charge is 2.32. The van der Waals surface area contributed by atoms with Crippen LogP contribution in [-0.4, -0.2) is 61.0 Å². The molecule has 0 heterocycles. The molecule has 1 aliphatic rings. The summed E-state index contributed by atoms with van der Waals surface area (Å²) in [7, 11) is 5.85. The van der Waals surface area contributed by atoms with Gasteiger partial charge in [-0.1, -0.05) is 6.42 Å². The zero-order chi connectivity index (χ0) is 14.4. The minimum Gasteiger partial charge on any atom is -0.481 e. The minimum atomic E-state index is -0.757. The smallest absolute Gasteiger partial charge is 0.306 e. The number of hydrogen-bond acceptors (Lipinski definition) is 3. The highest BCUT2D eigenvalue weighted by molar-refractivity contribution is 5.80. The quantitative estimate of drug-likeness (QED) is 0.790. The Hall–Kier alpha value is -1.10. The van der Waals surface area contributed by atoms with Crippen LogP contribution in [-0.2, 0) is 9.59 Å². The van der Waals surface area contributed by atoms with Crippen LogP contribution in [0.4, 0.5) is 0 Å². The van der Waals surface area contributed by atoms with E-state index in [0.717, 1.165) is 32.4 Å². The molecule has 110 valence electrons. The van der Waals surface area contributed by atoms with E-state index in [4.69, 9.17) is 5.11 Å². The van der Waals surface area contributed by atoms with E-state index >= 15 is 0 Å². The van der Waals surface area contributed by atoms with Gasteiger partial charge < -0.3 is 14.9 Å². The van der Waals surface area contributed by atoms with Gasteiger partial charge in [0, 0.05) is 19.5 Å². The Balaban J connectivity index is 2.40. The molecule has 5 nitrogen and oxygen atoms in total. The molecule has 0 saturated heterocycles. The van der Waals surface area contributed by atoms with Gasteiger partial charge in [-0.2, -0.15) is 0 Å². The zero-order valence-electron chi connectivity index (χ0n) is 12.3. The molecule has 0 aromatic rings. The van der Waals surface area contributed by atoms with Crippen LogP contribution < -0.4 is 0 Å². The third-order valence-corrected chi connectivity index (χ3v) is 3.85. The summed E-state index contributed by atoms with van der Waals surface area (Å²) in [6, 6.07) is 0. The Morgan fingerprint density at radius 1 is 1.11 bits per heavy atom. The number of rotatable bonds is 6. The lowest BCUT2D eigenvalue weighted by molar-refractivity contribution is -0.145. The SMILES string of the molecule is CN(C)CCCN(C)C(=O)C1CCCC(C(=O)O)C1. The topological polar surface area (TPSA) is 60.9 Å². The van der Waals surface area contributed by atoms with Crippen LogP contribution in [0, 0.1) is 11.8 Å². The van der Waals surface area contributed by atoms with Crippen LogP contribution in [0.2, 0.25) is 0 Å². The number of carbonyl (C=O) groups is 2. The van der Waals surface area contributed by atoms with Crippen molar-refractivity contribution >= 4 is 11.9 Å². The maximum atomic E-state index is 12.3. The number of nitrogens with zero attached hydrogens (tertiary/aromatic N) is 2. The number of carbonyl (C=O) groups excluding carboxylic acids is 1. The van der Waals surface area contributed by atoms with Gasteiger partial charge >= 0.3 is 5.97 Å². The maximum absolute atomic E-state index is 12.3. The molecule has 1 fully saturated rings. The molecule has 1 aliphatic carbocycles. The molecule has 0 radical (unpaired) electrons. The molecule has 0 spiro atoms. The third kappa shape index (κ3) is 5.19. The first-order valence-electron chi connectivity index (χ1n) is 7.04. The van der Waals surface area contributed by atoms with Crippen LogP contribution in [0.5, 0.6) is 0 Å². The van der Waals surface area contributed by atoms with Crippen molar-refractivity contribution in [1.29, 1.82) is 0 Å². The predicted octanol–water partition coefficient (Wildman–Crippen LogP) is 1.29. The van der Waals surface area contributed by atoms with Crippen molar-refractivity contribution in [2.45, 2.75) is 32.1 Å². The molecule has 1 saturated carbocycles. The summed E-state index contributed by atoms with van der Waals surface area (Å²) in [5.41, 5.74) is 0. The van der Waals surface area contributed by atoms with Gasteiger partial charge in [-0.3, -0.25) is 9.59 Å². The summed E-state index contributed by atoms with van der Waals surface area (Å²) >= 11 is 0. The van der Waals surface area contributed by atoms with E-state index in [1.165, 1.54) is 0 Å². The predicted molar refractivity (Wildman–Crippen MR) is 73.9 cm³/mol. The van der Waals surface area contributed by atoms with Crippen LogP contribution in [0.25, 0.3) is 0 Å². The van der Waals surface area contributed by atoms with Gasteiger partial charge in [0.1, 0.15) is 0 Å². The van der Waals surface area contributed by atoms with Crippen molar-refractivity contribution < 1.29 is 14.7 Å². The third-order valence-electron chi connectivity index (χ3n) is 3.85. The maximum Gasteiger partial charge on any atom is 0.306 e. The first kappa shape index (κ1) is 16.0. The van der Waals surface area contributed by atoms with E-state index in [-0.39, 0.29) is 17.7 Å². The van der Waals surface area contributed by atoms with E-state index in [9.17, 15) is 9.59 Å². The van der Waals surface area contributed by atoms with E-state index in [2.05, 4.69) is 4.90 Å². The standard InChI is InChI=1S/C14H26N2O3/c1-15(2)8-5-9-16(3)13(17)11-6-4-7-12(10-11)14(18)19/h11-12H,4-10H2,1-3H3,(H,18,19). The van der Waals surface area contributed by atoms with E-state index in [0.29, 0.717) is 12.8 Å². The van der Waals surface area contributed by atoms with Gasteiger partial charge in [-0.25, -0.2) is 0 Å². The van der Waals surface area contributed by atoms with Crippen molar-refractivity contribution in [3.8, 4) is 0 Å². The Morgan fingerprint density at radius 3 is 2.32 bits per heavy atom. The molecule has 1 amide bonds. The zero-order valence-corrected chi connectivity index (χ0v) is 12.3. The fraction of sp³-hybridized carbons (Fsp3) is 0.857.